The first kappa shape index (κ1) is 23.5. The number of rotatable bonds is 4. The Morgan fingerprint density at radius 2 is 1.78 bits per heavy atom. The molecule has 178 valence electrons. The van der Waals surface area contributed by atoms with Crippen molar-refractivity contribution in [3.63, 3.8) is 0 Å². The van der Waals surface area contributed by atoms with Gasteiger partial charge in [-0.05, 0) is 73.7 Å². The van der Waals surface area contributed by atoms with Crippen molar-refractivity contribution >= 4 is 17.7 Å². The van der Waals surface area contributed by atoms with Crippen molar-refractivity contribution < 1.29 is 29.0 Å². The van der Waals surface area contributed by atoms with E-state index >= 15 is 0 Å². The van der Waals surface area contributed by atoms with Crippen molar-refractivity contribution in [1.29, 1.82) is 0 Å². The number of aliphatic hydroxyl groups excluding tert-OH is 1. The van der Waals surface area contributed by atoms with Crippen molar-refractivity contribution in [2.75, 3.05) is 6.61 Å². The fraction of sp³-hybridized carbons (Fsp3) is 0.808. The summed E-state index contributed by atoms with van der Waals surface area (Å²) in [6, 6.07) is 0. The molecule has 4 aliphatic rings. The van der Waals surface area contributed by atoms with Crippen LogP contribution in [0, 0.1) is 40.4 Å². The van der Waals surface area contributed by atoms with E-state index in [2.05, 4.69) is 13.8 Å². The number of esters is 2. The second-order valence-electron chi connectivity index (χ2n) is 11.2. The third-order valence-electron chi connectivity index (χ3n) is 9.57. The van der Waals surface area contributed by atoms with E-state index in [9.17, 15) is 19.5 Å². The van der Waals surface area contributed by atoms with Gasteiger partial charge in [-0.2, -0.15) is 0 Å². The standard InChI is InChI=1S/C26H38O6/c1-14(13-27)19-6-7-20-18-11-23(32-16(3)29)22-10-17(31-15(2)28)8-9-25(22,4)21(18)12-24(30)26(19,20)5/h12,14,17-20,22-23,27H,6-11,13H2,1-5H3/t14-,17+,18+,19-,20+,22-,23+,25-,26-/m1/s1. The van der Waals surface area contributed by atoms with Crippen molar-refractivity contribution in [1.82, 2.24) is 0 Å². The number of fused-ring (bicyclic) bond motifs is 5. The van der Waals surface area contributed by atoms with Crippen molar-refractivity contribution in [2.24, 2.45) is 40.4 Å². The highest BCUT2D eigenvalue weighted by Crippen LogP contribution is 2.65. The fourth-order valence-corrected chi connectivity index (χ4v) is 8.05. The Bertz CT molecular complexity index is 832. The molecule has 4 aliphatic carbocycles. The van der Waals surface area contributed by atoms with E-state index in [1.54, 1.807) is 0 Å². The molecule has 6 heteroatoms. The van der Waals surface area contributed by atoms with E-state index < -0.39 is 5.41 Å². The number of ether oxygens (including phenoxy) is 2. The normalized spacial score (nSPS) is 43.9. The largest absolute Gasteiger partial charge is 0.463 e. The maximum absolute atomic E-state index is 13.7. The molecule has 0 aliphatic heterocycles. The number of carbonyl (C=O) groups is 3. The number of aliphatic hydroxyl groups is 1. The molecule has 0 aromatic heterocycles. The predicted molar refractivity (Wildman–Crippen MR) is 118 cm³/mol. The molecule has 6 nitrogen and oxygen atoms in total. The van der Waals surface area contributed by atoms with Crippen LogP contribution in [0.1, 0.15) is 73.1 Å². The zero-order valence-electron chi connectivity index (χ0n) is 20.1. The highest BCUT2D eigenvalue weighted by atomic mass is 16.5. The number of ketones is 1. The van der Waals surface area contributed by atoms with Crippen LogP contribution in [0.5, 0.6) is 0 Å². The summed E-state index contributed by atoms with van der Waals surface area (Å²) in [5.41, 5.74) is 0.490. The molecule has 0 saturated heterocycles. The molecule has 0 heterocycles. The average Bonchev–Trinajstić information content (AvgIpc) is 3.08. The van der Waals surface area contributed by atoms with Crippen LogP contribution in [0.25, 0.3) is 0 Å². The lowest BCUT2D eigenvalue weighted by Gasteiger charge is -2.58. The summed E-state index contributed by atoms with van der Waals surface area (Å²) in [5, 5.41) is 9.82. The first-order valence-corrected chi connectivity index (χ1v) is 12.2. The van der Waals surface area contributed by atoms with Gasteiger partial charge in [-0.25, -0.2) is 0 Å². The molecule has 9 atom stereocenters. The Hall–Kier alpha value is -1.69. The van der Waals surface area contributed by atoms with Gasteiger partial charge in [0.25, 0.3) is 0 Å². The van der Waals surface area contributed by atoms with Gasteiger partial charge in [0.15, 0.2) is 5.78 Å². The highest BCUT2D eigenvalue weighted by Gasteiger charge is 2.63. The van der Waals surface area contributed by atoms with E-state index in [0.29, 0.717) is 12.8 Å². The molecular formula is C26H38O6. The third kappa shape index (κ3) is 3.53. The van der Waals surface area contributed by atoms with Gasteiger partial charge in [-0.1, -0.05) is 26.3 Å². The van der Waals surface area contributed by atoms with Crippen LogP contribution in [-0.4, -0.2) is 41.6 Å². The molecule has 0 amide bonds. The average molecular weight is 447 g/mol. The van der Waals surface area contributed by atoms with Gasteiger partial charge in [0, 0.05) is 31.8 Å². The minimum Gasteiger partial charge on any atom is -0.463 e. The number of allylic oxidation sites excluding steroid dienone is 2. The van der Waals surface area contributed by atoms with Crippen LogP contribution in [-0.2, 0) is 23.9 Å². The van der Waals surface area contributed by atoms with E-state index in [4.69, 9.17) is 9.47 Å². The van der Waals surface area contributed by atoms with Gasteiger partial charge in [0.2, 0.25) is 0 Å². The van der Waals surface area contributed by atoms with Gasteiger partial charge in [-0.3, -0.25) is 14.4 Å². The predicted octanol–water partition coefficient (Wildman–Crippen LogP) is 3.85. The molecule has 32 heavy (non-hydrogen) atoms. The molecule has 0 bridgehead atoms. The van der Waals surface area contributed by atoms with Gasteiger partial charge in [-0.15, -0.1) is 0 Å². The van der Waals surface area contributed by atoms with Crippen LogP contribution < -0.4 is 0 Å². The van der Waals surface area contributed by atoms with Gasteiger partial charge < -0.3 is 14.6 Å². The molecule has 3 fully saturated rings. The summed E-state index contributed by atoms with van der Waals surface area (Å²) in [6.45, 7) is 9.34. The lowest BCUT2D eigenvalue weighted by Crippen LogP contribution is -2.56. The second-order valence-corrected chi connectivity index (χ2v) is 11.2. The molecule has 4 rings (SSSR count). The zero-order chi connectivity index (χ0) is 23.4. The minimum atomic E-state index is -0.477. The second kappa shape index (κ2) is 8.27. The highest BCUT2D eigenvalue weighted by molar-refractivity contribution is 5.97. The topological polar surface area (TPSA) is 89.9 Å². The van der Waals surface area contributed by atoms with Gasteiger partial charge in [0.1, 0.15) is 12.2 Å². The molecule has 0 aromatic rings. The summed E-state index contributed by atoms with van der Waals surface area (Å²) in [7, 11) is 0. The maximum Gasteiger partial charge on any atom is 0.302 e. The maximum atomic E-state index is 13.7. The quantitative estimate of drug-likeness (QED) is 0.660. The number of hydrogen-bond donors (Lipinski definition) is 1. The summed E-state index contributed by atoms with van der Waals surface area (Å²) in [5.74, 6) is 0.309. The van der Waals surface area contributed by atoms with E-state index in [1.165, 1.54) is 19.4 Å². The Balaban J connectivity index is 1.73. The molecule has 1 N–H and O–H groups in total. The fourth-order valence-electron chi connectivity index (χ4n) is 8.05. The first-order chi connectivity index (χ1) is 15.0. The molecule has 0 aromatic carbocycles. The Morgan fingerprint density at radius 1 is 1.09 bits per heavy atom. The summed E-state index contributed by atoms with van der Waals surface area (Å²) in [6.07, 6.45) is 6.34. The van der Waals surface area contributed by atoms with Crippen LogP contribution >= 0.6 is 0 Å². The smallest absolute Gasteiger partial charge is 0.302 e. The number of carbonyl (C=O) groups excluding carboxylic acids is 3. The monoisotopic (exact) mass is 446 g/mol. The molecular weight excluding hydrogens is 408 g/mol. The minimum absolute atomic E-state index is 0.0257. The van der Waals surface area contributed by atoms with Crippen LogP contribution in [0.4, 0.5) is 0 Å². The first-order valence-electron chi connectivity index (χ1n) is 12.2. The van der Waals surface area contributed by atoms with Crippen LogP contribution in [0.2, 0.25) is 0 Å². The Kier molecular flexibility index (Phi) is 6.06. The molecule has 3 saturated carbocycles. The molecule has 0 radical (unpaired) electrons. The van der Waals surface area contributed by atoms with E-state index in [0.717, 1.165) is 25.7 Å². The molecule has 0 unspecified atom stereocenters. The zero-order valence-corrected chi connectivity index (χ0v) is 20.1. The summed E-state index contributed by atoms with van der Waals surface area (Å²) >= 11 is 0. The van der Waals surface area contributed by atoms with Crippen LogP contribution in [0.3, 0.4) is 0 Å². The van der Waals surface area contributed by atoms with Crippen molar-refractivity contribution in [3.05, 3.63) is 11.6 Å². The van der Waals surface area contributed by atoms with Gasteiger partial charge in [0.05, 0.1) is 0 Å². The third-order valence-corrected chi connectivity index (χ3v) is 9.57. The van der Waals surface area contributed by atoms with E-state index in [1.807, 2.05) is 13.0 Å². The van der Waals surface area contributed by atoms with Crippen LogP contribution in [0.15, 0.2) is 11.6 Å². The summed E-state index contributed by atoms with van der Waals surface area (Å²) in [4.78, 5) is 37.3. The Labute approximate surface area is 191 Å². The summed E-state index contributed by atoms with van der Waals surface area (Å²) < 4.78 is 11.4. The Morgan fingerprint density at radius 3 is 2.41 bits per heavy atom. The van der Waals surface area contributed by atoms with Crippen molar-refractivity contribution in [2.45, 2.75) is 85.4 Å². The number of hydrogen-bond acceptors (Lipinski definition) is 6. The lowest BCUT2D eigenvalue weighted by molar-refractivity contribution is -0.168. The van der Waals surface area contributed by atoms with E-state index in [-0.39, 0.29) is 71.5 Å². The lowest BCUT2D eigenvalue weighted by atomic mass is 9.47. The van der Waals surface area contributed by atoms with Gasteiger partial charge >= 0.3 is 11.9 Å². The SMILES string of the molecule is CC(=O)O[C@H]1CC[C@]2(C)C3=CC(=O)[C@]4(C)[C@@H]([C@H](C)CO)CC[C@H]4[C@@H]3C[C@H](OC(C)=O)[C@H]2C1. The van der Waals surface area contributed by atoms with Crippen molar-refractivity contribution in [3.8, 4) is 0 Å². The molecule has 0 spiro atoms.